The van der Waals surface area contributed by atoms with Gasteiger partial charge < -0.3 is 9.84 Å². The third-order valence-corrected chi connectivity index (χ3v) is 5.52. The Balaban J connectivity index is 1.75. The summed E-state index contributed by atoms with van der Waals surface area (Å²) in [4.78, 5) is 11.8. The molecule has 0 aliphatic heterocycles. The highest BCUT2D eigenvalue weighted by atomic mass is 32.2. The fourth-order valence-corrected chi connectivity index (χ4v) is 3.59. The van der Waals surface area contributed by atoms with Gasteiger partial charge in [-0.1, -0.05) is 48.5 Å². The third-order valence-electron chi connectivity index (χ3n) is 4.12. The SMILES string of the molecule is CCC(=O)Nc1c(C)noc1C=Cc1ccc(S(=O)(=O)Nc2ccccc2)cc1. The van der Waals surface area contributed by atoms with E-state index in [-0.39, 0.29) is 10.8 Å². The van der Waals surface area contributed by atoms with Gasteiger partial charge in [-0.3, -0.25) is 9.52 Å². The number of aromatic nitrogens is 1. The van der Waals surface area contributed by atoms with Crippen LogP contribution in [-0.2, 0) is 14.8 Å². The monoisotopic (exact) mass is 411 g/mol. The van der Waals surface area contributed by atoms with Crippen LogP contribution < -0.4 is 10.0 Å². The number of carbonyl (C=O) groups excluding carboxylic acids is 1. The number of aryl methyl sites for hydroxylation is 1. The number of hydrogen-bond acceptors (Lipinski definition) is 5. The van der Waals surface area contributed by atoms with Crippen molar-refractivity contribution in [3.05, 3.63) is 71.6 Å². The van der Waals surface area contributed by atoms with Gasteiger partial charge in [0.15, 0.2) is 5.76 Å². The maximum Gasteiger partial charge on any atom is 0.261 e. The Morgan fingerprint density at radius 1 is 1.07 bits per heavy atom. The Bertz CT molecular complexity index is 1120. The molecular formula is C21H21N3O4S. The molecule has 2 N–H and O–H groups in total. The third kappa shape index (κ3) is 5.11. The lowest BCUT2D eigenvalue weighted by Crippen LogP contribution is -2.12. The van der Waals surface area contributed by atoms with Gasteiger partial charge in [0.05, 0.1) is 4.90 Å². The number of nitrogens with one attached hydrogen (secondary N) is 2. The van der Waals surface area contributed by atoms with Crippen LogP contribution in [-0.4, -0.2) is 19.5 Å². The normalized spacial score (nSPS) is 11.5. The summed E-state index contributed by atoms with van der Waals surface area (Å²) < 4.78 is 32.7. The molecule has 8 heteroatoms. The number of carbonyl (C=O) groups is 1. The van der Waals surface area contributed by atoms with Crippen molar-refractivity contribution in [2.24, 2.45) is 0 Å². The molecule has 0 aliphatic rings. The van der Waals surface area contributed by atoms with E-state index in [1.54, 1.807) is 62.4 Å². The molecule has 2 aromatic carbocycles. The summed E-state index contributed by atoms with van der Waals surface area (Å²) in [5.74, 6) is 0.290. The topological polar surface area (TPSA) is 101 Å². The zero-order valence-corrected chi connectivity index (χ0v) is 16.9. The number of hydrogen-bond donors (Lipinski definition) is 2. The van der Waals surface area contributed by atoms with Crippen LogP contribution in [0.5, 0.6) is 0 Å². The standard InChI is InChI=1S/C21H21N3O4S/c1-3-20(25)22-21-15(2)23-28-19(21)14-11-16-9-12-18(13-10-16)29(26,27)24-17-7-5-4-6-8-17/h4-14,24H,3H2,1-2H3,(H,22,25). The maximum absolute atomic E-state index is 12.5. The number of sulfonamides is 1. The minimum Gasteiger partial charge on any atom is -0.354 e. The molecule has 0 saturated carbocycles. The summed E-state index contributed by atoms with van der Waals surface area (Å²) in [6, 6.07) is 15.1. The number of benzene rings is 2. The van der Waals surface area contributed by atoms with Crippen LogP contribution in [0.2, 0.25) is 0 Å². The molecule has 1 amide bonds. The van der Waals surface area contributed by atoms with Crippen molar-refractivity contribution in [2.75, 3.05) is 10.0 Å². The van der Waals surface area contributed by atoms with Crippen LogP contribution in [0.4, 0.5) is 11.4 Å². The van der Waals surface area contributed by atoms with Crippen molar-refractivity contribution in [1.82, 2.24) is 5.16 Å². The molecule has 29 heavy (non-hydrogen) atoms. The van der Waals surface area contributed by atoms with Gasteiger partial charge in [0.25, 0.3) is 10.0 Å². The molecule has 0 fully saturated rings. The van der Waals surface area contributed by atoms with E-state index in [4.69, 9.17) is 4.52 Å². The Morgan fingerprint density at radius 2 is 1.76 bits per heavy atom. The minimum atomic E-state index is -3.67. The minimum absolute atomic E-state index is 0.133. The van der Waals surface area contributed by atoms with Gasteiger partial charge in [-0.15, -0.1) is 0 Å². The molecule has 0 bridgehead atoms. The van der Waals surface area contributed by atoms with E-state index in [0.29, 0.717) is 29.2 Å². The average molecular weight is 411 g/mol. The fourth-order valence-electron chi connectivity index (χ4n) is 2.53. The fraction of sp³-hybridized carbons (Fsp3) is 0.143. The largest absolute Gasteiger partial charge is 0.354 e. The predicted molar refractivity (Wildman–Crippen MR) is 113 cm³/mol. The zero-order valence-electron chi connectivity index (χ0n) is 16.0. The first kappa shape index (κ1) is 20.3. The van der Waals surface area contributed by atoms with E-state index in [2.05, 4.69) is 15.2 Å². The second kappa shape index (κ2) is 8.74. The van der Waals surface area contributed by atoms with Crippen LogP contribution in [0.3, 0.4) is 0 Å². The first-order chi connectivity index (χ1) is 13.9. The Hall–Kier alpha value is -3.39. The highest BCUT2D eigenvalue weighted by Crippen LogP contribution is 2.23. The molecule has 0 saturated heterocycles. The number of rotatable bonds is 7. The summed E-state index contributed by atoms with van der Waals surface area (Å²) in [6.45, 7) is 3.50. The predicted octanol–water partition coefficient (Wildman–Crippen LogP) is 4.30. The molecule has 3 rings (SSSR count). The van der Waals surface area contributed by atoms with Crippen molar-refractivity contribution < 1.29 is 17.7 Å². The highest BCUT2D eigenvalue weighted by molar-refractivity contribution is 7.92. The number of nitrogens with zero attached hydrogens (tertiary/aromatic N) is 1. The lowest BCUT2D eigenvalue weighted by Gasteiger charge is -2.08. The Kier molecular flexibility index (Phi) is 6.13. The van der Waals surface area contributed by atoms with Gasteiger partial charge >= 0.3 is 0 Å². The van der Waals surface area contributed by atoms with E-state index in [1.165, 1.54) is 12.1 Å². The average Bonchev–Trinajstić information content (AvgIpc) is 3.06. The molecule has 1 heterocycles. The van der Waals surface area contributed by atoms with Crippen LogP contribution >= 0.6 is 0 Å². The van der Waals surface area contributed by atoms with Gasteiger partial charge in [-0.25, -0.2) is 8.42 Å². The molecule has 0 radical (unpaired) electrons. The van der Waals surface area contributed by atoms with Crippen molar-refractivity contribution in [3.63, 3.8) is 0 Å². The second-order valence-electron chi connectivity index (χ2n) is 6.28. The number of amides is 1. The van der Waals surface area contributed by atoms with Crippen molar-refractivity contribution >= 4 is 39.5 Å². The van der Waals surface area contributed by atoms with Crippen molar-refractivity contribution in [3.8, 4) is 0 Å². The summed E-state index contributed by atoms with van der Waals surface area (Å²) in [5.41, 5.74) is 2.38. The van der Waals surface area contributed by atoms with E-state index in [0.717, 1.165) is 5.56 Å². The molecule has 0 aliphatic carbocycles. The molecule has 0 atom stereocenters. The Morgan fingerprint density at radius 3 is 2.41 bits per heavy atom. The summed E-state index contributed by atoms with van der Waals surface area (Å²) in [5, 5.41) is 6.64. The second-order valence-corrected chi connectivity index (χ2v) is 7.97. The molecule has 0 unspecified atom stereocenters. The number of anilines is 2. The lowest BCUT2D eigenvalue weighted by atomic mass is 10.2. The van der Waals surface area contributed by atoms with Crippen LogP contribution in [0.1, 0.15) is 30.4 Å². The summed E-state index contributed by atoms with van der Waals surface area (Å²) >= 11 is 0. The molecule has 1 aromatic heterocycles. The molecule has 7 nitrogen and oxygen atoms in total. The zero-order chi connectivity index (χ0) is 20.9. The Labute approximate surface area is 169 Å². The van der Waals surface area contributed by atoms with Gasteiger partial charge in [0, 0.05) is 12.1 Å². The smallest absolute Gasteiger partial charge is 0.261 e. The quantitative estimate of drug-likeness (QED) is 0.603. The van der Waals surface area contributed by atoms with Crippen LogP contribution in [0.25, 0.3) is 12.2 Å². The van der Waals surface area contributed by atoms with Gasteiger partial charge in [-0.2, -0.15) is 0 Å². The van der Waals surface area contributed by atoms with Gasteiger partial charge in [0.2, 0.25) is 5.91 Å². The van der Waals surface area contributed by atoms with Crippen molar-refractivity contribution in [2.45, 2.75) is 25.2 Å². The molecule has 3 aromatic rings. The number of para-hydroxylation sites is 1. The summed E-state index contributed by atoms with van der Waals surface area (Å²) in [7, 11) is -3.67. The summed E-state index contributed by atoms with van der Waals surface area (Å²) in [6.07, 6.45) is 3.78. The van der Waals surface area contributed by atoms with E-state index in [9.17, 15) is 13.2 Å². The van der Waals surface area contributed by atoms with Crippen molar-refractivity contribution in [1.29, 1.82) is 0 Å². The first-order valence-corrected chi connectivity index (χ1v) is 10.5. The molecule has 0 spiro atoms. The van der Waals surface area contributed by atoms with E-state index in [1.807, 2.05) is 6.07 Å². The molecular weight excluding hydrogens is 390 g/mol. The first-order valence-electron chi connectivity index (χ1n) is 9.01. The van der Waals surface area contributed by atoms with Gasteiger partial charge in [0.1, 0.15) is 11.4 Å². The molecule has 150 valence electrons. The lowest BCUT2D eigenvalue weighted by molar-refractivity contribution is -0.115. The van der Waals surface area contributed by atoms with E-state index < -0.39 is 10.0 Å². The van der Waals surface area contributed by atoms with Crippen LogP contribution in [0.15, 0.2) is 64.0 Å². The van der Waals surface area contributed by atoms with Gasteiger partial charge in [-0.05, 0) is 42.8 Å². The highest BCUT2D eigenvalue weighted by Gasteiger charge is 2.14. The van der Waals surface area contributed by atoms with Crippen LogP contribution in [0, 0.1) is 6.92 Å². The van der Waals surface area contributed by atoms with E-state index >= 15 is 0 Å². The maximum atomic E-state index is 12.5.